The molecule has 3 heterocycles. The zero-order chi connectivity index (χ0) is 24.9. The monoisotopic (exact) mass is 499 g/mol. The minimum absolute atomic E-state index is 0.127. The van der Waals surface area contributed by atoms with Gasteiger partial charge in [-0.1, -0.05) is 6.07 Å². The van der Waals surface area contributed by atoms with Gasteiger partial charge in [-0.3, -0.25) is 14.5 Å². The van der Waals surface area contributed by atoms with Crippen LogP contribution in [0.4, 0.5) is 4.39 Å². The highest BCUT2D eigenvalue weighted by Crippen LogP contribution is 2.33. The van der Waals surface area contributed by atoms with E-state index >= 15 is 0 Å². The van der Waals surface area contributed by atoms with Crippen LogP contribution in [0.15, 0.2) is 42.5 Å². The van der Waals surface area contributed by atoms with Crippen LogP contribution in [0.3, 0.4) is 0 Å². The van der Waals surface area contributed by atoms with E-state index < -0.39 is 5.82 Å². The van der Waals surface area contributed by atoms with Gasteiger partial charge in [0.05, 0.1) is 25.9 Å². The second-order valence-corrected chi connectivity index (χ2v) is 9.03. The van der Waals surface area contributed by atoms with Gasteiger partial charge in [0.2, 0.25) is 6.79 Å². The van der Waals surface area contributed by atoms with Crippen molar-refractivity contribution in [2.45, 2.75) is 6.10 Å². The molecular formula is C26H30FN3O6. The summed E-state index contributed by atoms with van der Waals surface area (Å²) in [6.45, 7) is 5.69. The smallest absolute Gasteiger partial charge is 0.254 e. The molecule has 3 aliphatic rings. The molecule has 0 unspecified atom stereocenters. The number of ether oxygens (including phenoxy) is 4. The first-order chi connectivity index (χ1) is 17.6. The number of nitrogens with zero attached hydrogens (tertiary/aromatic N) is 3. The Hall–Kier alpha value is -3.21. The summed E-state index contributed by atoms with van der Waals surface area (Å²) in [4.78, 5) is 32.2. The SMILES string of the molecule is O=C(c1ccc2c(c1)OCO2)N1CCO[C@H](CN(CCN2CCOCC2)C(=O)c2cccc(F)c2)C1. The lowest BCUT2D eigenvalue weighted by Crippen LogP contribution is -2.52. The van der Waals surface area contributed by atoms with Gasteiger partial charge < -0.3 is 28.7 Å². The van der Waals surface area contributed by atoms with E-state index in [1.807, 2.05) is 0 Å². The molecule has 2 aromatic carbocycles. The lowest BCUT2D eigenvalue weighted by atomic mass is 10.1. The average molecular weight is 500 g/mol. The van der Waals surface area contributed by atoms with E-state index in [4.69, 9.17) is 18.9 Å². The number of benzene rings is 2. The molecule has 0 saturated carbocycles. The van der Waals surface area contributed by atoms with Gasteiger partial charge in [0.25, 0.3) is 11.8 Å². The Morgan fingerprint density at radius 1 is 0.972 bits per heavy atom. The average Bonchev–Trinajstić information content (AvgIpc) is 3.39. The van der Waals surface area contributed by atoms with Crippen LogP contribution < -0.4 is 9.47 Å². The molecule has 36 heavy (non-hydrogen) atoms. The van der Waals surface area contributed by atoms with Crippen LogP contribution in [-0.4, -0.2) is 105 Å². The molecule has 0 bridgehead atoms. The van der Waals surface area contributed by atoms with Crippen molar-refractivity contribution >= 4 is 11.8 Å². The Kier molecular flexibility index (Phi) is 7.64. The normalized spacial score (nSPS) is 19.8. The Bertz CT molecular complexity index is 1090. The second-order valence-electron chi connectivity index (χ2n) is 9.03. The van der Waals surface area contributed by atoms with Crippen molar-refractivity contribution in [1.82, 2.24) is 14.7 Å². The highest BCUT2D eigenvalue weighted by Gasteiger charge is 2.29. The zero-order valence-corrected chi connectivity index (χ0v) is 20.1. The summed E-state index contributed by atoms with van der Waals surface area (Å²) in [7, 11) is 0. The third-order valence-electron chi connectivity index (χ3n) is 6.62. The van der Waals surface area contributed by atoms with Gasteiger partial charge >= 0.3 is 0 Å². The number of halogens is 1. The Balaban J connectivity index is 1.26. The third-order valence-corrected chi connectivity index (χ3v) is 6.62. The van der Waals surface area contributed by atoms with E-state index in [1.54, 1.807) is 34.1 Å². The lowest BCUT2D eigenvalue weighted by molar-refractivity contribution is -0.0347. The molecule has 0 aliphatic carbocycles. The van der Waals surface area contributed by atoms with E-state index in [0.29, 0.717) is 75.2 Å². The van der Waals surface area contributed by atoms with Gasteiger partial charge in [-0.15, -0.1) is 0 Å². The van der Waals surface area contributed by atoms with E-state index in [-0.39, 0.29) is 24.7 Å². The van der Waals surface area contributed by atoms with Crippen LogP contribution in [0.25, 0.3) is 0 Å². The maximum Gasteiger partial charge on any atom is 0.254 e. The van der Waals surface area contributed by atoms with Crippen molar-refractivity contribution in [2.24, 2.45) is 0 Å². The summed E-state index contributed by atoms with van der Waals surface area (Å²) < 4.78 is 35.9. The van der Waals surface area contributed by atoms with Crippen LogP contribution in [0.2, 0.25) is 0 Å². The maximum absolute atomic E-state index is 13.8. The third kappa shape index (κ3) is 5.77. The first-order valence-electron chi connectivity index (χ1n) is 12.2. The molecule has 1 atom stereocenters. The van der Waals surface area contributed by atoms with Crippen molar-refractivity contribution in [3.05, 3.63) is 59.4 Å². The largest absolute Gasteiger partial charge is 0.454 e. The van der Waals surface area contributed by atoms with Gasteiger partial charge in [-0.2, -0.15) is 0 Å². The molecular weight excluding hydrogens is 469 g/mol. The molecule has 0 aromatic heterocycles. The van der Waals surface area contributed by atoms with Crippen molar-refractivity contribution in [3.63, 3.8) is 0 Å². The fourth-order valence-corrected chi connectivity index (χ4v) is 4.64. The fraction of sp³-hybridized carbons (Fsp3) is 0.462. The minimum atomic E-state index is -0.455. The molecule has 0 spiro atoms. The highest BCUT2D eigenvalue weighted by molar-refractivity contribution is 5.95. The topological polar surface area (TPSA) is 80.8 Å². The number of amides is 2. The van der Waals surface area contributed by atoms with Crippen molar-refractivity contribution in [3.8, 4) is 11.5 Å². The Morgan fingerprint density at radius 2 is 1.81 bits per heavy atom. The van der Waals surface area contributed by atoms with E-state index in [0.717, 1.165) is 13.1 Å². The van der Waals surface area contributed by atoms with Gasteiger partial charge in [-0.25, -0.2) is 4.39 Å². The first-order valence-corrected chi connectivity index (χ1v) is 12.2. The molecule has 2 aromatic rings. The molecule has 2 fully saturated rings. The lowest BCUT2D eigenvalue weighted by Gasteiger charge is -2.37. The predicted octanol–water partition coefficient (Wildman–Crippen LogP) is 1.87. The number of morpholine rings is 2. The second kappa shape index (κ2) is 11.2. The minimum Gasteiger partial charge on any atom is -0.454 e. The van der Waals surface area contributed by atoms with E-state index in [9.17, 15) is 14.0 Å². The highest BCUT2D eigenvalue weighted by atomic mass is 19.1. The van der Waals surface area contributed by atoms with Crippen LogP contribution in [0.5, 0.6) is 11.5 Å². The summed E-state index contributed by atoms with van der Waals surface area (Å²) in [5.74, 6) is 0.339. The van der Waals surface area contributed by atoms with Crippen LogP contribution >= 0.6 is 0 Å². The van der Waals surface area contributed by atoms with Gasteiger partial charge in [0.15, 0.2) is 11.5 Å². The first kappa shape index (κ1) is 24.5. The maximum atomic E-state index is 13.8. The number of rotatable bonds is 7. The fourth-order valence-electron chi connectivity index (χ4n) is 4.64. The van der Waals surface area contributed by atoms with Gasteiger partial charge in [0.1, 0.15) is 5.82 Å². The van der Waals surface area contributed by atoms with E-state index in [2.05, 4.69) is 4.90 Å². The molecule has 5 rings (SSSR count). The Labute approximate surface area is 209 Å². The van der Waals surface area contributed by atoms with Gasteiger partial charge in [-0.05, 0) is 36.4 Å². The summed E-state index contributed by atoms with van der Waals surface area (Å²) >= 11 is 0. The molecule has 0 N–H and O–H groups in total. The molecule has 9 nitrogen and oxygen atoms in total. The van der Waals surface area contributed by atoms with Crippen LogP contribution in [0.1, 0.15) is 20.7 Å². The summed E-state index contributed by atoms with van der Waals surface area (Å²) in [6, 6.07) is 10.9. The number of carbonyl (C=O) groups is 2. The van der Waals surface area contributed by atoms with E-state index in [1.165, 1.54) is 18.2 Å². The summed E-state index contributed by atoms with van der Waals surface area (Å²) in [5, 5.41) is 0. The number of carbonyl (C=O) groups excluding carboxylic acids is 2. The molecule has 192 valence electrons. The number of hydrogen-bond acceptors (Lipinski definition) is 7. The molecule has 3 aliphatic heterocycles. The molecule has 10 heteroatoms. The van der Waals surface area contributed by atoms with Crippen LogP contribution in [-0.2, 0) is 9.47 Å². The zero-order valence-electron chi connectivity index (χ0n) is 20.1. The summed E-state index contributed by atoms with van der Waals surface area (Å²) in [5.41, 5.74) is 0.806. The van der Waals surface area contributed by atoms with Crippen molar-refractivity contribution in [1.29, 1.82) is 0 Å². The predicted molar refractivity (Wildman–Crippen MR) is 128 cm³/mol. The molecule has 0 radical (unpaired) electrons. The van der Waals surface area contributed by atoms with Gasteiger partial charge in [0, 0.05) is 56.9 Å². The molecule has 2 saturated heterocycles. The summed E-state index contributed by atoms with van der Waals surface area (Å²) in [6.07, 6.45) is -0.362. The standard InChI is InChI=1S/C26H30FN3O6/c27-21-3-1-2-19(14-21)25(31)29(7-6-28-8-11-33-12-9-28)16-22-17-30(10-13-34-22)26(32)20-4-5-23-24(15-20)36-18-35-23/h1-5,14-15,22H,6-13,16-18H2/t22-/m1/s1. The van der Waals surface area contributed by atoms with Crippen molar-refractivity contribution < 1.29 is 32.9 Å². The molecule has 2 amide bonds. The van der Waals surface area contributed by atoms with Crippen molar-refractivity contribution in [2.75, 3.05) is 72.4 Å². The number of fused-ring (bicyclic) bond motifs is 1. The Morgan fingerprint density at radius 3 is 2.64 bits per heavy atom. The quantitative estimate of drug-likeness (QED) is 0.576. The van der Waals surface area contributed by atoms with Crippen LogP contribution in [0, 0.1) is 5.82 Å². The number of hydrogen-bond donors (Lipinski definition) is 0.